The lowest BCUT2D eigenvalue weighted by Gasteiger charge is -2.32. The van der Waals surface area contributed by atoms with Crippen LogP contribution in [0.3, 0.4) is 0 Å². The third-order valence-corrected chi connectivity index (χ3v) is 5.71. The number of nitriles is 1. The lowest BCUT2D eigenvalue weighted by atomic mass is 9.92. The zero-order valence-electron chi connectivity index (χ0n) is 18.9. The molecule has 4 atom stereocenters. The van der Waals surface area contributed by atoms with Gasteiger partial charge in [-0.05, 0) is 41.3 Å². The van der Waals surface area contributed by atoms with Crippen molar-refractivity contribution in [1.82, 2.24) is 0 Å². The minimum atomic E-state index is -0.502. The quantitative estimate of drug-likeness (QED) is 0.709. The van der Waals surface area contributed by atoms with E-state index in [4.69, 9.17) is 14.2 Å². The third kappa shape index (κ3) is 6.30. The highest BCUT2D eigenvalue weighted by Crippen LogP contribution is 2.33. The van der Waals surface area contributed by atoms with E-state index in [2.05, 4.69) is 6.07 Å². The van der Waals surface area contributed by atoms with Gasteiger partial charge in [-0.3, -0.25) is 0 Å². The average molecular weight is 440 g/mol. The fourth-order valence-electron chi connectivity index (χ4n) is 4.10. The van der Waals surface area contributed by atoms with Gasteiger partial charge in [0.15, 0.2) is 0 Å². The molecular weight excluding hydrogens is 406 g/mol. The Morgan fingerprint density at radius 1 is 1.12 bits per heavy atom. The van der Waals surface area contributed by atoms with E-state index in [1.807, 2.05) is 50.2 Å². The molecule has 2 aromatic rings. The Morgan fingerprint density at radius 2 is 1.91 bits per heavy atom. The standard InChI is InChI=1S/C24H27NO5.C2H6/c25-13-18-4-3-17(24-12-20(27)11-23(14-26)30-24)10-19(18)9-16-1-5-21(6-2-16)29-22-7-8-28-15-22;1-2/h1-6,10,20,22-24,26-27H,7-9,11-12,14-15H2;1-2H3. The van der Waals surface area contributed by atoms with E-state index in [1.54, 1.807) is 6.07 Å². The van der Waals surface area contributed by atoms with Crippen LogP contribution in [-0.4, -0.2) is 48.3 Å². The number of ether oxygens (including phenoxy) is 3. The summed E-state index contributed by atoms with van der Waals surface area (Å²) in [5, 5.41) is 29.1. The number of hydrogen-bond donors (Lipinski definition) is 2. The molecule has 0 spiro atoms. The molecule has 0 radical (unpaired) electrons. The van der Waals surface area contributed by atoms with Crippen molar-refractivity contribution in [3.63, 3.8) is 0 Å². The molecule has 0 aromatic heterocycles. The molecule has 2 aliphatic rings. The highest BCUT2D eigenvalue weighted by molar-refractivity contribution is 5.44. The first-order chi connectivity index (χ1) is 15.6. The zero-order chi connectivity index (χ0) is 22.9. The highest BCUT2D eigenvalue weighted by atomic mass is 16.5. The van der Waals surface area contributed by atoms with Gasteiger partial charge in [-0.2, -0.15) is 5.26 Å². The number of aliphatic hydroxyl groups is 2. The Labute approximate surface area is 190 Å². The molecule has 6 nitrogen and oxygen atoms in total. The number of hydrogen-bond acceptors (Lipinski definition) is 6. The molecule has 2 fully saturated rings. The minimum absolute atomic E-state index is 0.113. The van der Waals surface area contributed by atoms with Gasteiger partial charge in [0.25, 0.3) is 0 Å². The van der Waals surface area contributed by atoms with Crippen molar-refractivity contribution in [2.75, 3.05) is 19.8 Å². The second-order valence-corrected chi connectivity index (χ2v) is 8.01. The van der Waals surface area contributed by atoms with Crippen molar-refractivity contribution < 1.29 is 24.4 Å². The molecule has 172 valence electrons. The van der Waals surface area contributed by atoms with E-state index in [9.17, 15) is 15.5 Å². The van der Waals surface area contributed by atoms with Gasteiger partial charge in [0.2, 0.25) is 0 Å². The van der Waals surface area contributed by atoms with E-state index in [0.717, 1.165) is 35.5 Å². The maximum Gasteiger partial charge on any atom is 0.124 e. The topological polar surface area (TPSA) is 91.9 Å². The van der Waals surface area contributed by atoms with Crippen LogP contribution in [0, 0.1) is 11.3 Å². The SMILES string of the molecule is CC.N#Cc1ccc(C2CC(O)CC(CO)O2)cc1Cc1ccc(OC2CCOC2)cc1. The number of nitrogens with zero attached hydrogens (tertiary/aromatic N) is 1. The van der Waals surface area contributed by atoms with Crippen molar-refractivity contribution in [2.45, 2.75) is 63.9 Å². The van der Waals surface area contributed by atoms with Crippen molar-refractivity contribution >= 4 is 0 Å². The van der Waals surface area contributed by atoms with Gasteiger partial charge in [0.05, 0.1) is 49.8 Å². The molecule has 2 aromatic carbocycles. The van der Waals surface area contributed by atoms with Crippen LogP contribution in [0.5, 0.6) is 5.75 Å². The van der Waals surface area contributed by atoms with E-state index in [1.165, 1.54) is 0 Å². The van der Waals surface area contributed by atoms with E-state index in [-0.39, 0.29) is 24.9 Å². The summed E-state index contributed by atoms with van der Waals surface area (Å²) < 4.78 is 17.2. The molecule has 2 saturated heterocycles. The molecular formula is C26H33NO5. The first kappa shape index (κ1) is 24.2. The van der Waals surface area contributed by atoms with Crippen LogP contribution >= 0.6 is 0 Å². The molecule has 4 rings (SSSR count). The summed E-state index contributed by atoms with van der Waals surface area (Å²) in [5.41, 5.74) is 3.54. The van der Waals surface area contributed by atoms with Gasteiger partial charge in [-0.1, -0.05) is 38.1 Å². The molecule has 0 aliphatic carbocycles. The third-order valence-electron chi connectivity index (χ3n) is 5.71. The number of aliphatic hydroxyl groups excluding tert-OH is 2. The van der Waals surface area contributed by atoms with Crippen LogP contribution in [0.15, 0.2) is 42.5 Å². The predicted octanol–water partition coefficient (Wildman–Crippen LogP) is 3.92. The van der Waals surface area contributed by atoms with E-state index in [0.29, 0.717) is 31.4 Å². The first-order valence-corrected chi connectivity index (χ1v) is 11.4. The van der Waals surface area contributed by atoms with E-state index < -0.39 is 6.10 Å². The summed E-state index contributed by atoms with van der Waals surface area (Å²) in [6, 6.07) is 15.9. The first-order valence-electron chi connectivity index (χ1n) is 11.4. The molecule has 2 heterocycles. The average Bonchev–Trinajstić information content (AvgIpc) is 3.34. The lowest BCUT2D eigenvalue weighted by molar-refractivity contribution is -0.113. The fraction of sp³-hybridized carbons (Fsp3) is 0.500. The van der Waals surface area contributed by atoms with Crippen molar-refractivity contribution in [3.05, 3.63) is 64.7 Å². The Hall–Kier alpha value is -2.43. The second kappa shape index (κ2) is 12.0. The number of benzene rings is 2. The van der Waals surface area contributed by atoms with Gasteiger partial charge in [0.1, 0.15) is 11.9 Å². The smallest absolute Gasteiger partial charge is 0.124 e. The summed E-state index contributed by atoms with van der Waals surface area (Å²) in [4.78, 5) is 0. The van der Waals surface area contributed by atoms with Crippen LogP contribution in [0.1, 0.15) is 61.5 Å². The summed E-state index contributed by atoms with van der Waals surface area (Å²) in [6.07, 6.45) is 1.41. The van der Waals surface area contributed by atoms with Gasteiger partial charge in [0, 0.05) is 19.3 Å². The van der Waals surface area contributed by atoms with Crippen molar-refractivity contribution in [3.8, 4) is 11.8 Å². The molecule has 6 heteroatoms. The molecule has 0 bridgehead atoms. The van der Waals surface area contributed by atoms with Crippen LogP contribution < -0.4 is 4.74 Å². The number of rotatable bonds is 6. The van der Waals surface area contributed by atoms with Crippen molar-refractivity contribution in [2.24, 2.45) is 0 Å². The summed E-state index contributed by atoms with van der Waals surface area (Å²) in [7, 11) is 0. The Kier molecular flexibility index (Phi) is 9.07. The van der Waals surface area contributed by atoms with Gasteiger partial charge < -0.3 is 24.4 Å². The van der Waals surface area contributed by atoms with Gasteiger partial charge >= 0.3 is 0 Å². The summed E-state index contributed by atoms with van der Waals surface area (Å²) >= 11 is 0. The Bertz CT molecular complexity index is 886. The molecule has 2 N–H and O–H groups in total. The second-order valence-electron chi connectivity index (χ2n) is 8.01. The lowest BCUT2D eigenvalue weighted by Crippen LogP contribution is -2.33. The largest absolute Gasteiger partial charge is 0.488 e. The monoisotopic (exact) mass is 439 g/mol. The summed E-state index contributed by atoms with van der Waals surface area (Å²) in [5.74, 6) is 0.822. The van der Waals surface area contributed by atoms with Gasteiger partial charge in [-0.25, -0.2) is 0 Å². The maximum atomic E-state index is 10.1. The zero-order valence-corrected chi connectivity index (χ0v) is 18.9. The molecule has 0 saturated carbocycles. The van der Waals surface area contributed by atoms with Crippen molar-refractivity contribution in [1.29, 1.82) is 5.26 Å². The minimum Gasteiger partial charge on any atom is -0.488 e. The highest BCUT2D eigenvalue weighted by Gasteiger charge is 2.29. The Balaban J connectivity index is 0.00000141. The van der Waals surface area contributed by atoms with Crippen LogP contribution in [0.2, 0.25) is 0 Å². The molecule has 32 heavy (non-hydrogen) atoms. The maximum absolute atomic E-state index is 10.1. The Morgan fingerprint density at radius 3 is 2.56 bits per heavy atom. The molecule has 0 amide bonds. The molecule has 2 aliphatic heterocycles. The summed E-state index contributed by atoms with van der Waals surface area (Å²) in [6.45, 7) is 5.27. The predicted molar refractivity (Wildman–Crippen MR) is 122 cm³/mol. The molecule has 4 unspecified atom stereocenters. The van der Waals surface area contributed by atoms with E-state index >= 15 is 0 Å². The fourth-order valence-corrected chi connectivity index (χ4v) is 4.10. The van der Waals surface area contributed by atoms with Gasteiger partial charge in [-0.15, -0.1) is 0 Å². The normalized spacial score (nSPS) is 24.8. The van der Waals surface area contributed by atoms with Crippen LogP contribution in [-0.2, 0) is 15.9 Å². The van der Waals surface area contributed by atoms with Crippen LogP contribution in [0.4, 0.5) is 0 Å². The van der Waals surface area contributed by atoms with Crippen LogP contribution in [0.25, 0.3) is 0 Å².